The molecular weight excluding hydrogens is 244 g/mol. The molecule has 0 aromatic carbocycles. The minimum absolute atomic E-state index is 0.674. The Kier molecular flexibility index (Phi) is 9.96. The van der Waals surface area contributed by atoms with Gasteiger partial charge in [-0.25, -0.2) is 0 Å². The Morgan fingerprint density at radius 2 is 1.00 bits per heavy atom. The van der Waals surface area contributed by atoms with Crippen molar-refractivity contribution in [1.82, 2.24) is 5.43 Å². The molecule has 20 heavy (non-hydrogen) atoms. The molecule has 0 fully saturated rings. The second kappa shape index (κ2) is 10.2. The highest BCUT2D eigenvalue weighted by Gasteiger charge is 2.14. The van der Waals surface area contributed by atoms with Gasteiger partial charge in [-0.05, 0) is 49.4 Å². The third-order valence-electron chi connectivity index (χ3n) is 2.97. The third kappa shape index (κ3) is 11.3. The maximum atomic E-state index is 4.74. The fraction of sp³-hybridized carbons (Fsp3) is 0.889. The molecule has 0 bridgehead atoms. The van der Waals surface area contributed by atoms with Crippen LogP contribution >= 0.6 is 0 Å². The summed E-state index contributed by atoms with van der Waals surface area (Å²) < 4.78 is 0. The summed E-state index contributed by atoms with van der Waals surface area (Å²) in [5.41, 5.74) is 4.72. The molecule has 2 heteroatoms. The Labute approximate surface area is 127 Å². The lowest BCUT2D eigenvalue weighted by atomic mass is 9.96. The molecule has 0 saturated carbocycles. The number of hydrogen-bond donors (Lipinski definition) is 1. The van der Waals surface area contributed by atoms with Gasteiger partial charge >= 0.3 is 0 Å². The van der Waals surface area contributed by atoms with Crippen molar-refractivity contribution in [2.45, 2.75) is 81.1 Å². The lowest BCUT2D eigenvalue weighted by molar-refractivity contribution is 0.459. The lowest BCUT2D eigenvalue weighted by Crippen LogP contribution is -2.22. The Balaban J connectivity index is 4.63. The van der Waals surface area contributed by atoms with Crippen LogP contribution in [0, 0.1) is 29.7 Å². The fourth-order valence-electron chi connectivity index (χ4n) is 2.44. The topological polar surface area (TPSA) is 24.4 Å². The molecule has 1 N–H and O–H groups in total. The summed E-state index contributed by atoms with van der Waals surface area (Å²) in [7, 11) is 0. The maximum Gasteiger partial charge on any atom is 0.0798 e. The normalized spacial score (nSPS) is 12.1. The zero-order chi connectivity index (χ0) is 15.7. The van der Waals surface area contributed by atoms with E-state index in [1.54, 1.807) is 0 Å². The van der Waals surface area contributed by atoms with Gasteiger partial charge < -0.3 is 5.43 Å². The van der Waals surface area contributed by atoms with Crippen LogP contribution in [0.1, 0.15) is 81.1 Å². The average molecular weight is 282 g/mol. The van der Waals surface area contributed by atoms with E-state index in [2.05, 4.69) is 60.8 Å². The summed E-state index contributed by atoms with van der Waals surface area (Å²) in [6.07, 6.45) is 4.44. The second-order valence-electron chi connectivity index (χ2n) is 7.79. The maximum absolute atomic E-state index is 4.74. The van der Waals surface area contributed by atoms with Gasteiger partial charge in [0.1, 0.15) is 0 Å². The van der Waals surface area contributed by atoms with Gasteiger partial charge in [-0.15, -0.1) is 0 Å². The zero-order valence-corrected chi connectivity index (χ0v) is 15.1. The summed E-state index contributed by atoms with van der Waals surface area (Å²) in [5, 5.41) is 4.74. The number of hydrazone groups is 1. The van der Waals surface area contributed by atoms with E-state index in [1.807, 2.05) is 0 Å². The van der Waals surface area contributed by atoms with E-state index in [0.717, 1.165) is 25.7 Å². The summed E-state index contributed by atoms with van der Waals surface area (Å²) in [6, 6.07) is 1.39. The highest BCUT2D eigenvalue weighted by Crippen LogP contribution is 2.20. The molecule has 0 aliphatic carbocycles. The minimum atomic E-state index is 0.674. The third-order valence-corrected chi connectivity index (χ3v) is 2.97. The molecule has 0 aliphatic rings. The van der Waals surface area contributed by atoms with Gasteiger partial charge in [0, 0.05) is 5.71 Å². The van der Waals surface area contributed by atoms with Crippen LogP contribution in [0.4, 0.5) is 0 Å². The average Bonchev–Trinajstić information content (AvgIpc) is 2.22. The van der Waals surface area contributed by atoms with Crippen LogP contribution < -0.4 is 5.43 Å². The Morgan fingerprint density at radius 1 is 0.650 bits per heavy atom. The van der Waals surface area contributed by atoms with Gasteiger partial charge in [0.25, 0.3) is 0 Å². The van der Waals surface area contributed by atoms with Crippen molar-refractivity contribution in [2.75, 3.05) is 0 Å². The smallest absolute Gasteiger partial charge is 0.0798 e. The van der Waals surface area contributed by atoms with Crippen LogP contribution in [0.5, 0.6) is 0 Å². The second-order valence-corrected chi connectivity index (χ2v) is 7.79. The van der Waals surface area contributed by atoms with Crippen molar-refractivity contribution in [2.24, 2.45) is 28.8 Å². The predicted octanol–water partition coefficient (Wildman–Crippen LogP) is 5.65. The van der Waals surface area contributed by atoms with Crippen molar-refractivity contribution in [3.8, 4) is 0 Å². The summed E-state index contributed by atoms with van der Waals surface area (Å²) in [4.78, 5) is 0. The quantitative estimate of drug-likeness (QED) is 0.406. The number of nitrogens with zero attached hydrogens (tertiary/aromatic N) is 1. The lowest BCUT2D eigenvalue weighted by Gasteiger charge is -2.21. The number of hydrogen-bond acceptors (Lipinski definition) is 2. The van der Waals surface area contributed by atoms with Crippen LogP contribution in [0.3, 0.4) is 0 Å². The SMILES string of the molecule is CC(C)C[C](CC(C)C)NN=C(CC(C)C)CC(C)C. The largest absolute Gasteiger partial charge is 0.302 e. The summed E-state index contributed by atoms with van der Waals surface area (Å²) in [5.74, 6) is 2.72. The molecule has 119 valence electrons. The van der Waals surface area contributed by atoms with Gasteiger partial charge in [-0.3, -0.25) is 0 Å². The first-order valence-electron chi connectivity index (χ1n) is 8.36. The van der Waals surface area contributed by atoms with E-state index in [9.17, 15) is 0 Å². The van der Waals surface area contributed by atoms with E-state index in [1.165, 1.54) is 11.8 Å². The van der Waals surface area contributed by atoms with Gasteiger partial charge in [0.05, 0.1) is 6.04 Å². The van der Waals surface area contributed by atoms with Crippen molar-refractivity contribution in [1.29, 1.82) is 0 Å². The van der Waals surface area contributed by atoms with E-state index >= 15 is 0 Å². The van der Waals surface area contributed by atoms with E-state index < -0.39 is 0 Å². The van der Waals surface area contributed by atoms with Crippen molar-refractivity contribution >= 4 is 5.71 Å². The molecule has 0 aliphatic heterocycles. The number of nitrogens with one attached hydrogen (secondary N) is 1. The molecule has 0 aromatic rings. The van der Waals surface area contributed by atoms with Crippen LogP contribution in [-0.2, 0) is 0 Å². The predicted molar refractivity (Wildman–Crippen MR) is 91.6 cm³/mol. The number of rotatable bonds is 10. The molecule has 0 rings (SSSR count). The highest BCUT2D eigenvalue weighted by atomic mass is 15.3. The van der Waals surface area contributed by atoms with E-state index in [4.69, 9.17) is 5.10 Å². The molecule has 0 heterocycles. The van der Waals surface area contributed by atoms with E-state index in [0.29, 0.717) is 23.7 Å². The molecule has 1 radical (unpaired) electrons. The Hall–Kier alpha value is -0.530. The monoisotopic (exact) mass is 281 g/mol. The first-order valence-corrected chi connectivity index (χ1v) is 8.36. The van der Waals surface area contributed by atoms with Crippen LogP contribution in [0.2, 0.25) is 0 Å². The first-order chi connectivity index (χ1) is 9.20. The van der Waals surface area contributed by atoms with Crippen molar-refractivity contribution in [3.63, 3.8) is 0 Å². The molecule has 0 saturated heterocycles. The molecular formula is C18H37N2. The molecule has 2 nitrogen and oxygen atoms in total. The molecule has 0 unspecified atom stereocenters. The van der Waals surface area contributed by atoms with E-state index in [-0.39, 0.29) is 0 Å². The summed E-state index contributed by atoms with van der Waals surface area (Å²) >= 11 is 0. The zero-order valence-electron chi connectivity index (χ0n) is 15.1. The van der Waals surface area contributed by atoms with Crippen LogP contribution in [0.15, 0.2) is 5.10 Å². The van der Waals surface area contributed by atoms with Crippen molar-refractivity contribution < 1.29 is 0 Å². The van der Waals surface area contributed by atoms with Crippen LogP contribution in [0.25, 0.3) is 0 Å². The standard InChI is InChI=1S/C18H37N2/c1-13(2)9-17(10-14(3)4)19-20-18(11-15(5)6)12-16(7)8/h13-16,19H,9-12H2,1-8H3. The van der Waals surface area contributed by atoms with Gasteiger partial charge in [0.2, 0.25) is 0 Å². The molecule has 0 amide bonds. The minimum Gasteiger partial charge on any atom is -0.302 e. The highest BCUT2D eigenvalue weighted by molar-refractivity contribution is 5.84. The molecule has 0 spiro atoms. The Bertz CT molecular complexity index is 243. The van der Waals surface area contributed by atoms with Gasteiger partial charge in [0.15, 0.2) is 0 Å². The summed E-state index contributed by atoms with van der Waals surface area (Å²) in [6.45, 7) is 18.2. The molecule has 0 aromatic heterocycles. The fourth-order valence-corrected chi connectivity index (χ4v) is 2.44. The van der Waals surface area contributed by atoms with Gasteiger partial charge in [-0.1, -0.05) is 55.4 Å². The van der Waals surface area contributed by atoms with Gasteiger partial charge in [-0.2, -0.15) is 5.10 Å². The van der Waals surface area contributed by atoms with Crippen LogP contribution in [-0.4, -0.2) is 5.71 Å². The Morgan fingerprint density at radius 3 is 1.30 bits per heavy atom. The van der Waals surface area contributed by atoms with Crippen molar-refractivity contribution in [3.05, 3.63) is 6.04 Å². The molecule has 0 atom stereocenters. The first kappa shape index (κ1) is 19.5.